The zero-order valence-corrected chi connectivity index (χ0v) is 19.4. The van der Waals surface area contributed by atoms with Gasteiger partial charge in [-0.15, -0.1) is 0 Å². The van der Waals surface area contributed by atoms with E-state index in [1.165, 1.54) is 18.4 Å². The molecule has 5 nitrogen and oxygen atoms in total. The van der Waals surface area contributed by atoms with Gasteiger partial charge < -0.3 is 14.8 Å². The number of carbonyl (C=O) groups excluding carboxylic acids is 2. The standard InChI is InChI=1S/C28H31N3O2/c1-30-18-23(20-12-8-9-15-24(20)30)26-25(21-13-6-7-14-22(21)28(33)31(26)2)27(32)29-17-16-19-10-4-3-5-11-19/h6-10,12-15,18,25-26H,3-5,11,16-17H2,1-2H3,(H,29,32)/t25-,26-/m0/s1. The molecule has 0 saturated heterocycles. The van der Waals surface area contributed by atoms with Gasteiger partial charge in [0.25, 0.3) is 5.91 Å². The molecule has 2 aliphatic rings. The highest BCUT2D eigenvalue weighted by Crippen LogP contribution is 2.44. The second kappa shape index (κ2) is 8.89. The van der Waals surface area contributed by atoms with E-state index in [9.17, 15) is 9.59 Å². The van der Waals surface area contributed by atoms with Crippen molar-refractivity contribution in [3.63, 3.8) is 0 Å². The van der Waals surface area contributed by atoms with Crippen LogP contribution in [0.3, 0.4) is 0 Å². The zero-order valence-electron chi connectivity index (χ0n) is 19.4. The van der Waals surface area contributed by atoms with Crippen molar-refractivity contribution in [2.45, 2.75) is 44.1 Å². The number of allylic oxidation sites excluding steroid dienone is 1. The van der Waals surface area contributed by atoms with Crippen LogP contribution in [0.1, 0.15) is 65.5 Å². The van der Waals surface area contributed by atoms with Crippen LogP contribution in [-0.2, 0) is 11.8 Å². The molecule has 0 unspecified atom stereocenters. The number of amides is 2. The molecule has 1 aromatic heterocycles. The minimum Gasteiger partial charge on any atom is -0.355 e. The molecular formula is C28H31N3O2. The van der Waals surface area contributed by atoms with Gasteiger partial charge >= 0.3 is 0 Å². The van der Waals surface area contributed by atoms with Crippen molar-refractivity contribution in [1.29, 1.82) is 0 Å². The summed E-state index contributed by atoms with van der Waals surface area (Å²) in [6.07, 6.45) is 10.1. The minimum atomic E-state index is -0.463. The van der Waals surface area contributed by atoms with Crippen LogP contribution in [0.25, 0.3) is 10.9 Å². The Morgan fingerprint density at radius 2 is 1.82 bits per heavy atom. The predicted octanol–water partition coefficient (Wildman–Crippen LogP) is 5.10. The summed E-state index contributed by atoms with van der Waals surface area (Å²) in [6.45, 7) is 0.628. The second-order valence-electron chi connectivity index (χ2n) is 9.29. The Morgan fingerprint density at radius 3 is 2.64 bits per heavy atom. The average Bonchev–Trinajstić information content (AvgIpc) is 3.18. The first-order valence-corrected chi connectivity index (χ1v) is 11.9. The number of likely N-dealkylation sites (N-methyl/N-ethyl adjacent to an activating group) is 1. The molecule has 33 heavy (non-hydrogen) atoms. The van der Waals surface area contributed by atoms with Crippen LogP contribution in [0.15, 0.2) is 66.4 Å². The number of benzene rings is 2. The number of hydrogen-bond acceptors (Lipinski definition) is 2. The Labute approximate surface area is 195 Å². The van der Waals surface area contributed by atoms with Crippen LogP contribution in [0.4, 0.5) is 0 Å². The van der Waals surface area contributed by atoms with E-state index in [0.29, 0.717) is 12.1 Å². The number of nitrogens with one attached hydrogen (secondary N) is 1. The van der Waals surface area contributed by atoms with Crippen molar-refractivity contribution < 1.29 is 9.59 Å². The van der Waals surface area contributed by atoms with E-state index in [0.717, 1.165) is 41.3 Å². The van der Waals surface area contributed by atoms with Crippen molar-refractivity contribution in [2.75, 3.05) is 13.6 Å². The summed E-state index contributed by atoms with van der Waals surface area (Å²) < 4.78 is 2.08. The summed E-state index contributed by atoms with van der Waals surface area (Å²) in [7, 11) is 3.83. The number of nitrogens with zero attached hydrogens (tertiary/aromatic N) is 2. The van der Waals surface area contributed by atoms with Gasteiger partial charge in [0.1, 0.15) is 0 Å². The van der Waals surface area contributed by atoms with Crippen LogP contribution in [-0.4, -0.2) is 34.9 Å². The Bertz CT molecular complexity index is 1240. The summed E-state index contributed by atoms with van der Waals surface area (Å²) in [5, 5.41) is 4.28. The summed E-state index contributed by atoms with van der Waals surface area (Å²) in [4.78, 5) is 28.8. The molecule has 3 aromatic rings. The van der Waals surface area contributed by atoms with E-state index in [-0.39, 0.29) is 17.9 Å². The van der Waals surface area contributed by atoms with Crippen molar-refractivity contribution >= 4 is 22.7 Å². The van der Waals surface area contributed by atoms with Crippen molar-refractivity contribution in [3.8, 4) is 0 Å². The first kappa shape index (κ1) is 21.5. The van der Waals surface area contributed by atoms with E-state index in [1.54, 1.807) is 4.90 Å². The molecule has 2 amide bonds. The molecular weight excluding hydrogens is 410 g/mol. The Balaban J connectivity index is 1.52. The van der Waals surface area contributed by atoms with Gasteiger partial charge in [0, 0.05) is 48.9 Å². The fourth-order valence-corrected chi connectivity index (χ4v) is 5.54. The van der Waals surface area contributed by atoms with Gasteiger partial charge in [-0.05, 0) is 49.8 Å². The van der Waals surface area contributed by atoms with Gasteiger partial charge in [-0.2, -0.15) is 0 Å². The number of aromatic nitrogens is 1. The lowest BCUT2D eigenvalue weighted by atomic mass is 9.79. The van der Waals surface area contributed by atoms with Gasteiger partial charge in [-0.25, -0.2) is 0 Å². The summed E-state index contributed by atoms with van der Waals surface area (Å²) in [6, 6.07) is 15.4. The number of rotatable bonds is 5. The van der Waals surface area contributed by atoms with E-state index in [2.05, 4.69) is 34.3 Å². The molecule has 1 N–H and O–H groups in total. The molecule has 0 saturated carbocycles. The Hall–Kier alpha value is -3.34. The molecule has 1 aliphatic carbocycles. The number of aryl methyl sites for hydroxylation is 1. The van der Waals surface area contributed by atoms with Crippen LogP contribution in [0.5, 0.6) is 0 Å². The summed E-state index contributed by atoms with van der Waals surface area (Å²) in [5.74, 6) is -0.522. The predicted molar refractivity (Wildman–Crippen MR) is 131 cm³/mol. The molecule has 2 atom stereocenters. The fourth-order valence-electron chi connectivity index (χ4n) is 5.54. The first-order chi connectivity index (χ1) is 16.1. The lowest BCUT2D eigenvalue weighted by molar-refractivity contribution is -0.124. The zero-order chi connectivity index (χ0) is 22.9. The van der Waals surface area contributed by atoms with Gasteiger partial charge in [0.2, 0.25) is 5.91 Å². The first-order valence-electron chi connectivity index (χ1n) is 11.9. The van der Waals surface area contributed by atoms with Crippen molar-refractivity contribution in [3.05, 3.63) is 83.1 Å². The highest BCUT2D eigenvalue weighted by atomic mass is 16.2. The molecule has 0 bridgehead atoms. The minimum absolute atomic E-state index is 0.0175. The average molecular weight is 442 g/mol. The Morgan fingerprint density at radius 1 is 1.03 bits per heavy atom. The lowest BCUT2D eigenvalue weighted by Crippen LogP contribution is -2.45. The lowest BCUT2D eigenvalue weighted by Gasteiger charge is -2.39. The van der Waals surface area contributed by atoms with Gasteiger partial charge in [-0.1, -0.05) is 48.0 Å². The molecule has 2 heterocycles. The topological polar surface area (TPSA) is 54.3 Å². The second-order valence-corrected chi connectivity index (χ2v) is 9.29. The normalized spacial score (nSPS) is 20.5. The molecule has 0 spiro atoms. The molecule has 2 aromatic carbocycles. The quantitative estimate of drug-likeness (QED) is 0.561. The summed E-state index contributed by atoms with van der Waals surface area (Å²) >= 11 is 0. The van der Waals surface area contributed by atoms with E-state index in [4.69, 9.17) is 0 Å². The van der Waals surface area contributed by atoms with Crippen LogP contribution < -0.4 is 5.32 Å². The van der Waals surface area contributed by atoms with Gasteiger partial charge in [-0.3, -0.25) is 9.59 Å². The van der Waals surface area contributed by atoms with Crippen molar-refractivity contribution in [2.24, 2.45) is 7.05 Å². The molecule has 170 valence electrons. The maximum atomic E-state index is 13.7. The van der Waals surface area contributed by atoms with Crippen LogP contribution in [0.2, 0.25) is 0 Å². The third-order valence-electron chi connectivity index (χ3n) is 7.24. The van der Waals surface area contributed by atoms with E-state index < -0.39 is 5.92 Å². The molecule has 0 fully saturated rings. The smallest absolute Gasteiger partial charge is 0.254 e. The number of fused-ring (bicyclic) bond motifs is 2. The fraction of sp³-hybridized carbons (Fsp3) is 0.357. The highest BCUT2D eigenvalue weighted by molar-refractivity contribution is 6.02. The maximum Gasteiger partial charge on any atom is 0.254 e. The van der Waals surface area contributed by atoms with Gasteiger partial charge in [0.05, 0.1) is 12.0 Å². The van der Waals surface area contributed by atoms with Crippen LogP contribution >= 0.6 is 0 Å². The molecule has 5 heteroatoms. The SMILES string of the molecule is CN1C(=O)c2ccccc2[C@H](C(=O)NCCC2=CCCCC2)[C@@H]1c1cn(C)c2ccccc12. The van der Waals surface area contributed by atoms with Crippen molar-refractivity contribution in [1.82, 2.24) is 14.8 Å². The third-order valence-corrected chi connectivity index (χ3v) is 7.24. The monoisotopic (exact) mass is 441 g/mol. The van der Waals surface area contributed by atoms with E-state index in [1.807, 2.05) is 50.5 Å². The maximum absolute atomic E-state index is 13.7. The highest BCUT2D eigenvalue weighted by Gasteiger charge is 2.43. The third kappa shape index (κ3) is 3.86. The molecule has 5 rings (SSSR count). The van der Waals surface area contributed by atoms with Crippen LogP contribution in [0, 0.1) is 0 Å². The number of para-hydroxylation sites is 1. The Kier molecular flexibility index (Phi) is 5.79. The largest absolute Gasteiger partial charge is 0.355 e. The number of hydrogen-bond donors (Lipinski definition) is 1. The van der Waals surface area contributed by atoms with E-state index >= 15 is 0 Å². The van der Waals surface area contributed by atoms with Gasteiger partial charge in [0.15, 0.2) is 0 Å². The number of carbonyl (C=O) groups is 2. The molecule has 0 radical (unpaired) electrons. The molecule has 1 aliphatic heterocycles. The summed E-state index contributed by atoms with van der Waals surface area (Å²) in [5.41, 5.74) is 4.98.